The molecular weight excluding hydrogens is 313 g/mol. The number of hydrogen-bond acceptors (Lipinski definition) is 3. The molecule has 0 aromatic heterocycles. The monoisotopic (exact) mass is 326 g/mol. The maximum absolute atomic E-state index is 12.2. The highest BCUT2D eigenvalue weighted by molar-refractivity contribution is 5.91. The normalized spacial score (nSPS) is 11.1. The van der Waals surface area contributed by atoms with E-state index >= 15 is 0 Å². The molecule has 2 aromatic rings. The largest absolute Gasteiger partial charge is 0.489 e. The molecule has 4 nitrogen and oxygen atoms in total. The Hall–Kier alpha value is -2.70. The standard InChI is InChI=1S/C16H13F3O4/c17-16(18,19)10-23-14-8-12(6-7-13(14)15(20)21)22-9-11-4-2-1-3-5-11/h1-8H,9-10H2,(H,20,21). The van der Waals surface area contributed by atoms with Gasteiger partial charge < -0.3 is 14.6 Å². The van der Waals surface area contributed by atoms with E-state index in [-0.39, 0.29) is 23.7 Å². The molecule has 0 amide bonds. The molecule has 0 aliphatic heterocycles. The number of alkyl halides is 3. The van der Waals surface area contributed by atoms with Gasteiger partial charge in [-0.3, -0.25) is 0 Å². The summed E-state index contributed by atoms with van der Waals surface area (Å²) in [5, 5.41) is 8.99. The average molecular weight is 326 g/mol. The van der Waals surface area contributed by atoms with Crippen LogP contribution in [0, 0.1) is 0 Å². The average Bonchev–Trinajstić information content (AvgIpc) is 2.51. The summed E-state index contributed by atoms with van der Waals surface area (Å²) in [5.74, 6) is -1.55. The van der Waals surface area contributed by atoms with Gasteiger partial charge in [-0.2, -0.15) is 13.2 Å². The van der Waals surface area contributed by atoms with E-state index in [0.717, 1.165) is 17.7 Å². The van der Waals surface area contributed by atoms with Crippen molar-refractivity contribution in [2.24, 2.45) is 0 Å². The zero-order valence-corrected chi connectivity index (χ0v) is 11.8. The summed E-state index contributed by atoms with van der Waals surface area (Å²) in [4.78, 5) is 11.0. The predicted molar refractivity (Wildman–Crippen MR) is 75.7 cm³/mol. The number of hydrogen-bond donors (Lipinski definition) is 1. The van der Waals surface area contributed by atoms with E-state index in [1.807, 2.05) is 30.3 Å². The zero-order chi connectivity index (χ0) is 16.9. The van der Waals surface area contributed by atoms with Crippen LogP contribution < -0.4 is 9.47 Å². The summed E-state index contributed by atoms with van der Waals surface area (Å²) in [6, 6.07) is 12.8. The lowest BCUT2D eigenvalue weighted by molar-refractivity contribution is -0.153. The van der Waals surface area contributed by atoms with Crippen molar-refractivity contribution in [2.75, 3.05) is 6.61 Å². The molecule has 0 aliphatic carbocycles. The smallest absolute Gasteiger partial charge is 0.422 e. The zero-order valence-electron chi connectivity index (χ0n) is 11.8. The van der Waals surface area contributed by atoms with Crippen LogP contribution in [0.25, 0.3) is 0 Å². The Morgan fingerprint density at radius 3 is 2.35 bits per heavy atom. The van der Waals surface area contributed by atoms with Crippen molar-refractivity contribution in [2.45, 2.75) is 12.8 Å². The number of ether oxygens (including phenoxy) is 2. The van der Waals surface area contributed by atoms with Gasteiger partial charge in [-0.15, -0.1) is 0 Å². The fourth-order valence-electron chi connectivity index (χ4n) is 1.79. The lowest BCUT2D eigenvalue weighted by atomic mass is 10.2. The highest BCUT2D eigenvalue weighted by Crippen LogP contribution is 2.27. The minimum absolute atomic E-state index is 0.200. The molecule has 0 atom stereocenters. The first kappa shape index (κ1) is 16.7. The van der Waals surface area contributed by atoms with Gasteiger partial charge in [-0.1, -0.05) is 30.3 Å². The molecule has 0 saturated carbocycles. The fraction of sp³-hybridized carbons (Fsp3) is 0.188. The van der Waals surface area contributed by atoms with Crippen molar-refractivity contribution < 1.29 is 32.5 Å². The molecule has 0 unspecified atom stereocenters. The molecule has 1 N–H and O–H groups in total. The van der Waals surface area contributed by atoms with Crippen molar-refractivity contribution in [3.8, 4) is 11.5 Å². The lowest BCUT2D eigenvalue weighted by Crippen LogP contribution is -2.20. The van der Waals surface area contributed by atoms with Gasteiger partial charge in [0.15, 0.2) is 6.61 Å². The highest BCUT2D eigenvalue weighted by Gasteiger charge is 2.29. The van der Waals surface area contributed by atoms with Gasteiger partial charge in [0.2, 0.25) is 0 Å². The van der Waals surface area contributed by atoms with Crippen LogP contribution in [0.3, 0.4) is 0 Å². The van der Waals surface area contributed by atoms with Gasteiger partial charge >= 0.3 is 12.1 Å². The van der Waals surface area contributed by atoms with Crippen molar-refractivity contribution in [3.63, 3.8) is 0 Å². The maximum atomic E-state index is 12.2. The van der Waals surface area contributed by atoms with Crippen LogP contribution in [-0.4, -0.2) is 23.9 Å². The van der Waals surface area contributed by atoms with Crippen LogP contribution in [0.5, 0.6) is 11.5 Å². The number of carboxylic acid groups (broad SMARTS) is 1. The third-order valence-corrected chi connectivity index (χ3v) is 2.82. The molecule has 0 heterocycles. The van der Waals surface area contributed by atoms with E-state index in [0.29, 0.717) is 0 Å². The molecule has 0 radical (unpaired) electrons. The first-order valence-corrected chi connectivity index (χ1v) is 6.59. The molecule has 2 rings (SSSR count). The molecule has 0 aliphatic rings. The van der Waals surface area contributed by atoms with Gasteiger partial charge in [0.1, 0.15) is 23.7 Å². The Kier molecular flexibility index (Phi) is 5.10. The summed E-state index contributed by atoms with van der Waals surface area (Å²) in [6.45, 7) is -1.37. The number of rotatable bonds is 6. The SMILES string of the molecule is O=C(O)c1ccc(OCc2ccccc2)cc1OCC(F)(F)F. The second kappa shape index (κ2) is 7.04. The van der Waals surface area contributed by atoms with Crippen molar-refractivity contribution in [3.05, 3.63) is 59.7 Å². The van der Waals surface area contributed by atoms with Gasteiger partial charge in [-0.05, 0) is 17.7 Å². The summed E-state index contributed by atoms with van der Waals surface area (Å²) < 4.78 is 46.7. The van der Waals surface area contributed by atoms with Crippen LogP contribution in [0.4, 0.5) is 13.2 Å². The van der Waals surface area contributed by atoms with Gasteiger partial charge in [-0.25, -0.2) is 4.79 Å². The Morgan fingerprint density at radius 2 is 1.74 bits per heavy atom. The molecule has 0 saturated heterocycles. The van der Waals surface area contributed by atoms with Gasteiger partial charge in [0, 0.05) is 6.07 Å². The van der Waals surface area contributed by atoms with E-state index in [2.05, 4.69) is 4.74 Å². The third kappa shape index (κ3) is 5.21. The summed E-state index contributed by atoms with van der Waals surface area (Å²) in [6.07, 6.45) is -4.56. The topological polar surface area (TPSA) is 55.8 Å². The minimum atomic E-state index is -4.56. The Morgan fingerprint density at radius 1 is 1.04 bits per heavy atom. The van der Waals surface area contributed by atoms with E-state index in [4.69, 9.17) is 9.84 Å². The van der Waals surface area contributed by atoms with E-state index in [1.54, 1.807) is 0 Å². The Labute approximate surface area is 130 Å². The van der Waals surface area contributed by atoms with Crippen molar-refractivity contribution in [1.29, 1.82) is 0 Å². The molecule has 122 valence electrons. The summed E-state index contributed by atoms with van der Waals surface area (Å²) >= 11 is 0. The first-order valence-electron chi connectivity index (χ1n) is 6.59. The first-order chi connectivity index (χ1) is 10.8. The maximum Gasteiger partial charge on any atom is 0.422 e. The minimum Gasteiger partial charge on any atom is -0.489 e. The predicted octanol–water partition coefficient (Wildman–Crippen LogP) is 3.90. The Bertz CT molecular complexity index is 669. The molecule has 7 heteroatoms. The highest BCUT2D eigenvalue weighted by atomic mass is 19.4. The van der Waals surface area contributed by atoms with E-state index < -0.39 is 18.8 Å². The number of benzene rings is 2. The number of carboxylic acids is 1. The van der Waals surface area contributed by atoms with Crippen LogP contribution in [0.1, 0.15) is 15.9 Å². The summed E-state index contributed by atoms with van der Waals surface area (Å²) in [5.41, 5.74) is 0.508. The number of halogens is 3. The molecule has 0 fully saturated rings. The second-order valence-corrected chi connectivity index (χ2v) is 4.64. The van der Waals surface area contributed by atoms with Gasteiger partial charge in [0.25, 0.3) is 0 Å². The number of aromatic carboxylic acids is 1. The summed E-state index contributed by atoms with van der Waals surface area (Å²) in [7, 11) is 0. The van der Waals surface area contributed by atoms with E-state index in [1.165, 1.54) is 6.07 Å². The third-order valence-electron chi connectivity index (χ3n) is 2.82. The lowest BCUT2D eigenvalue weighted by Gasteiger charge is -2.13. The van der Waals surface area contributed by atoms with Crippen LogP contribution in [0.2, 0.25) is 0 Å². The van der Waals surface area contributed by atoms with E-state index in [9.17, 15) is 18.0 Å². The fourth-order valence-corrected chi connectivity index (χ4v) is 1.79. The molecule has 2 aromatic carbocycles. The van der Waals surface area contributed by atoms with Crippen LogP contribution in [-0.2, 0) is 6.61 Å². The van der Waals surface area contributed by atoms with Crippen LogP contribution in [0.15, 0.2) is 48.5 Å². The molecule has 0 spiro atoms. The van der Waals surface area contributed by atoms with Crippen molar-refractivity contribution in [1.82, 2.24) is 0 Å². The van der Waals surface area contributed by atoms with Gasteiger partial charge in [0.05, 0.1) is 0 Å². The second-order valence-electron chi connectivity index (χ2n) is 4.64. The molecular formula is C16H13F3O4. The van der Waals surface area contributed by atoms with Crippen molar-refractivity contribution >= 4 is 5.97 Å². The number of carbonyl (C=O) groups is 1. The van der Waals surface area contributed by atoms with Crippen LogP contribution >= 0.6 is 0 Å². The Balaban J connectivity index is 2.13. The molecule has 23 heavy (non-hydrogen) atoms. The molecule has 0 bridgehead atoms. The quantitative estimate of drug-likeness (QED) is 0.874.